The molecule has 2 rings (SSSR count). The summed E-state index contributed by atoms with van der Waals surface area (Å²) in [7, 11) is -3.68. The number of thiocarbonyl (C=S) groups is 1. The van der Waals surface area contributed by atoms with Crippen molar-refractivity contribution in [2.45, 2.75) is 30.3 Å². The molecule has 0 aliphatic carbocycles. The van der Waals surface area contributed by atoms with E-state index in [2.05, 4.69) is 4.72 Å². The number of ether oxygens (including phenoxy) is 1. The third kappa shape index (κ3) is 4.37. The summed E-state index contributed by atoms with van der Waals surface area (Å²) in [5.74, 6) is 0. The van der Waals surface area contributed by atoms with E-state index in [1.165, 1.54) is 12.1 Å². The van der Waals surface area contributed by atoms with Crippen LogP contribution in [0, 0.1) is 0 Å². The maximum Gasteiger partial charge on any atom is 0.242 e. The normalized spacial score (nSPS) is 19.4. The van der Waals surface area contributed by atoms with Gasteiger partial charge in [0.25, 0.3) is 0 Å². The van der Waals surface area contributed by atoms with Gasteiger partial charge in [-0.2, -0.15) is 0 Å². The summed E-state index contributed by atoms with van der Waals surface area (Å²) >= 11 is 10.8. The van der Waals surface area contributed by atoms with Crippen molar-refractivity contribution in [3.63, 3.8) is 0 Å². The lowest BCUT2D eigenvalue weighted by atomic mass is 10.1. The van der Waals surface area contributed by atoms with Crippen LogP contribution in [-0.2, 0) is 14.8 Å². The number of nitrogens with one attached hydrogen (secondary N) is 1. The van der Waals surface area contributed by atoms with Gasteiger partial charge in [-0.15, -0.1) is 0 Å². The van der Waals surface area contributed by atoms with E-state index < -0.39 is 10.0 Å². The van der Waals surface area contributed by atoms with Gasteiger partial charge in [0.05, 0.1) is 11.1 Å². The lowest BCUT2D eigenvalue weighted by Crippen LogP contribution is -2.35. The summed E-state index contributed by atoms with van der Waals surface area (Å²) in [6.07, 6.45) is 2.85. The standard InChI is InChI=1S/C13H17ClN2O3S2/c14-11-7-9(13(15)20)4-5-12(11)21(17,18)16-8-10-3-1-2-6-19-10/h4-5,7,10,16H,1-3,6,8H2,(H2,15,20). The zero-order chi connectivity index (χ0) is 15.5. The fraction of sp³-hybridized carbons (Fsp3) is 0.462. The van der Waals surface area contributed by atoms with Crippen LogP contribution in [0.1, 0.15) is 24.8 Å². The lowest BCUT2D eigenvalue weighted by molar-refractivity contribution is 0.0200. The number of hydrogen-bond acceptors (Lipinski definition) is 4. The highest BCUT2D eigenvalue weighted by Gasteiger charge is 2.21. The van der Waals surface area contributed by atoms with E-state index in [1.54, 1.807) is 6.07 Å². The Bertz CT molecular complexity index is 628. The number of sulfonamides is 1. The first kappa shape index (κ1) is 16.6. The van der Waals surface area contributed by atoms with Crippen molar-refractivity contribution >= 4 is 38.8 Å². The Kier molecular flexibility index (Phi) is 5.56. The first-order chi connectivity index (χ1) is 9.90. The molecule has 0 spiro atoms. The van der Waals surface area contributed by atoms with Crippen molar-refractivity contribution in [2.24, 2.45) is 5.73 Å². The first-order valence-electron chi connectivity index (χ1n) is 6.61. The van der Waals surface area contributed by atoms with Crippen LogP contribution in [0.15, 0.2) is 23.1 Å². The second kappa shape index (κ2) is 7.02. The zero-order valence-corrected chi connectivity index (χ0v) is 13.7. The topological polar surface area (TPSA) is 81.4 Å². The number of rotatable bonds is 5. The zero-order valence-electron chi connectivity index (χ0n) is 11.3. The number of nitrogens with two attached hydrogens (primary N) is 1. The van der Waals surface area contributed by atoms with Crippen LogP contribution >= 0.6 is 23.8 Å². The molecule has 1 unspecified atom stereocenters. The molecule has 1 saturated heterocycles. The van der Waals surface area contributed by atoms with E-state index in [9.17, 15) is 8.42 Å². The van der Waals surface area contributed by atoms with E-state index in [0.717, 1.165) is 19.3 Å². The highest BCUT2D eigenvalue weighted by atomic mass is 35.5. The summed E-state index contributed by atoms with van der Waals surface area (Å²) < 4.78 is 32.6. The average Bonchev–Trinajstić information content (AvgIpc) is 2.46. The largest absolute Gasteiger partial charge is 0.389 e. The van der Waals surface area contributed by atoms with Gasteiger partial charge in [0.1, 0.15) is 9.88 Å². The Morgan fingerprint density at radius 3 is 2.81 bits per heavy atom. The summed E-state index contributed by atoms with van der Waals surface area (Å²) in [5, 5.41) is 0.0948. The van der Waals surface area contributed by atoms with E-state index in [-0.39, 0.29) is 27.6 Å². The van der Waals surface area contributed by atoms with Gasteiger partial charge in [-0.05, 0) is 31.4 Å². The molecule has 1 fully saturated rings. The van der Waals surface area contributed by atoms with Crippen molar-refractivity contribution < 1.29 is 13.2 Å². The molecule has 0 radical (unpaired) electrons. The summed E-state index contributed by atoms with van der Waals surface area (Å²) in [5.41, 5.74) is 6.02. The monoisotopic (exact) mass is 348 g/mol. The van der Waals surface area contributed by atoms with Gasteiger partial charge in [-0.25, -0.2) is 13.1 Å². The fourth-order valence-corrected chi connectivity index (χ4v) is 3.86. The lowest BCUT2D eigenvalue weighted by Gasteiger charge is -2.22. The van der Waals surface area contributed by atoms with Gasteiger partial charge in [0.2, 0.25) is 10.0 Å². The third-order valence-electron chi connectivity index (χ3n) is 3.28. The van der Waals surface area contributed by atoms with Gasteiger partial charge in [0, 0.05) is 18.7 Å². The number of benzene rings is 1. The maximum absolute atomic E-state index is 12.3. The molecule has 1 aliphatic heterocycles. The third-order valence-corrected chi connectivity index (χ3v) is 5.42. The van der Waals surface area contributed by atoms with Gasteiger partial charge in [-0.3, -0.25) is 0 Å². The molecule has 1 aromatic rings. The van der Waals surface area contributed by atoms with Gasteiger partial charge in [0.15, 0.2) is 0 Å². The molecular weight excluding hydrogens is 332 g/mol. The average molecular weight is 349 g/mol. The molecule has 1 heterocycles. The Labute approximate surface area is 134 Å². The molecule has 8 heteroatoms. The molecule has 1 aromatic carbocycles. The van der Waals surface area contributed by atoms with Crippen LogP contribution in [-0.4, -0.2) is 32.7 Å². The number of halogens is 1. The summed E-state index contributed by atoms with van der Waals surface area (Å²) in [4.78, 5) is 0.185. The minimum absolute atomic E-state index is 0.0139. The molecule has 0 amide bonds. The smallest absolute Gasteiger partial charge is 0.242 e. The van der Waals surface area contributed by atoms with Crippen molar-refractivity contribution in [1.29, 1.82) is 0 Å². The molecule has 0 bridgehead atoms. The Morgan fingerprint density at radius 2 is 2.24 bits per heavy atom. The number of hydrogen-bond donors (Lipinski definition) is 2. The molecule has 3 N–H and O–H groups in total. The van der Waals surface area contributed by atoms with Crippen LogP contribution in [0.2, 0.25) is 5.02 Å². The van der Waals surface area contributed by atoms with Gasteiger partial charge < -0.3 is 10.5 Å². The fourth-order valence-electron chi connectivity index (χ4n) is 2.12. The molecule has 1 aliphatic rings. The Morgan fingerprint density at radius 1 is 1.48 bits per heavy atom. The minimum Gasteiger partial charge on any atom is -0.389 e. The van der Waals surface area contributed by atoms with Crippen LogP contribution in [0.4, 0.5) is 0 Å². The summed E-state index contributed by atoms with van der Waals surface area (Å²) in [6.45, 7) is 0.922. The van der Waals surface area contributed by atoms with Crippen molar-refractivity contribution in [2.75, 3.05) is 13.2 Å². The molecule has 116 valence electrons. The predicted molar refractivity (Wildman–Crippen MR) is 86.1 cm³/mol. The quantitative estimate of drug-likeness (QED) is 0.793. The molecule has 5 nitrogen and oxygen atoms in total. The van der Waals surface area contributed by atoms with Crippen molar-refractivity contribution in [1.82, 2.24) is 4.72 Å². The predicted octanol–water partition coefficient (Wildman–Crippen LogP) is 1.82. The van der Waals surface area contributed by atoms with Crippen molar-refractivity contribution in [3.05, 3.63) is 28.8 Å². The van der Waals surface area contributed by atoms with E-state index in [4.69, 9.17) is 34.3 Å². The SMILES string of the molecule is NC(=S)c1ccc(S(=O)(=O)NCC2CCCCO2)c(Cl)c1. The van der Waals surface area contributed by atoms with E-state index >= 15 is 0 Å². The van der Waals surface area contributed by atoms with Crippen LogP contribution < -0.4 is 10.5 Å². The molecule has 0 aromatic heterocycles. The molecule has 21 heavy (non-hydrogen) atoms. The highest BCUT2D eigenvalue weighted by molar-refractivity contribution is 7.89. The van der Waals surface area contributed by atoms with E-state index in [1.807, 2.05) is 0 Å². The van der Waals surface area contributed by atoms with Crippen LogP contribution in [0.25, 0.3) is 0 Å². The second-order valence-corrected chi connectivity index (χ2v) is 7.43. The maximum atomic E-state index is 12.3. The molecule has 0 saturated carbocycles. The Balaban J connectivity index is 2.10. The van der Waals surface area contributed by atoms with Gasteiger partial charge in [-0.1, -0.05) is 29.9 Å². The molecular formula is C13H17ClN2O3S2. The van der Waals surface area contributed by atoms with E-state index in [0.29, 0.717) is 12.2 Å². The van der Waals surface area contributed by atoms with Crippen LogP contribution in [0.5, 0.6) is 0 Å². The van der Waals surface area contributed by atoms with Gasteiger partial charge >= 0.3 is 0 Å². The van der Waals surface area contributed by atoms with Crippen molar-refractivity contribution in [3.8, 4) is 0 Å². The Hall–Kier alpha value is -0.730. The summed E-state index contributed by atoms with van der Waals surface area (Å²) in [6, 6.07) is 4.40. The second-order valence-electron chi connectivity index (χ2n) is 4.85. The van der Waals surface area contributed by atoms with Crippen LogP contribution in [0.3, 0.4) is 0 Å². The molecule has 1 atom stereocenters. The first-order valence-corrected chi connectivity index (χ1v) is 8.88. The minimum atomic E-state index is -3.68. The highest BCUT2D eigenvalue weighted by Crippen LogP contribution is 2.23.